The molecule has 2 amide bonds. The van der Waals surface area contributed by atoms with Gasteiger partial charge in [-0.05, 0) is 43.0 Å². The smallest absolute Gasteiger partial charge is 0.317 e. The quantitative estimate of drug-likeness (QED) is 0.325. The standard InChI is InChI=1S/C27H30N8O/c1-34-11-13-35(14-12-34)27(36)31-20-6-4-5-18(15-20)25-32-24-8-3-2-7-22(24)26(33-25)30-21-9-10-23(29)19(16-21)17-28/h2-10,16-17,20,28H,11-15,29H2,1H3,(H,31,36)(H,30,32,33). The number of benzene rings is 2. The number of nitrogens with zero attached hydrogens (tertiary/aromatic N) is 4. The van der Waals surface area contributed by atoms with Gasteiger partial charge in [-0.2, -0.15) is 0 Å². The number of carbonyl (C=O) groups excluding carboxylic acids is 1. The first-order valence-corrected chi connectivity index (χ1v) is 12.1. The van der Waals surface area contributed by atoms with Crippen LogP contribution in [0.4, 0.5) is 22.0 Å². The molecule has 1 atom stereocenters. The van der Waals surface area contributed by atoms with Gasteiger partial charge in [0.25, 0.3) is 0 Å². The van der Waals surface area contributed by atoms with Gasteiger partial charge in [0.05, 0.1) is 11.6 Å². The number of piperazine rings is 1. The molecule has 9 nitrogen and oxygen atoms in total. The molecule has 5 rings (SSSR count). The first-order valence-electron chi connectivity index (χ1n) is 12.1. The lowest BCUT2D eigenvalue weighted by molar-refractivity contribution is 0.153. The number of amides is 2. The van der Waals surface area contributed by atoms with Gasteiger partial charge in [0.15, 0.2) is 5.82 Å². The lowest BCUT2D eigenvalue weighted by Crippen LogP contribution is -2.52. The second-order valence-corrected chi connectivity index (χ2v) is 9.15. The lowest BCUT2D eigenvalue weighted by Gasteiger charge is -2.33. The van der Waals surface area contributed by atoms with Crippen molar-refractivity contribution in [1.82, 2.24) is 25.1 Å². The fourth-order valence-electron chi connectivity index (χ4n) is 4.43. The molecule has 1 aliphatic heterocycles. The molecule has 0 bridgehead atoms. The molecule has 0 radical (unpaired) electrons. The minimum Gasteiger partial charge on any atom is -0.398 e. The topological polar surface area (TPSA) is 123 Å². The number of fused-ring (bicyclic) bond motifs is 1. The number of aromatic nitrogens is 2. The van der Waals surface area contributed by atoms with Crippen LogP contribution in [0.5, 0.6) is 0 Å². The minimum absolute atomic E-state index is 0.0360. The molecule has 0 saturated carbocycles. The van der Waals surface area contributed by atoms with E-state index in [9.17, 15) is 4.79 Å². The number of allylic oxidation sites excluding steroid dienone is 2. The highest BCUT2D eigenvalue weighted by molar-refractivity contribution is 5.93. The van der Waals surface area contributed by atoms with Crippen LogP contribution in [0.1, 0.15) is 17.8 Å². The Morgan fingerprint density at radius 1 is 1.14 bits per heavy atom. The van der Waals surface area contributed by atoms with Crippen molar-refractivity contribution in [2.45, 2.75) is 12.5 Å². The summed E-state index contributed by atoms with van der Waals surface area (Å²) in [6.07, 6.45) is 7.80. The summed E-state index contributed by atoms with van der Waals surface area (Å²) in [5, 5.41) is 15.0. The molecule has 184 valence electrons. The maximum Gasteiger partial charge on any atom is 0.317 e. The Labute approximate surface area is 210 Å². The molecule has 3 aromatic rings. The van der Waals surface area contributed by atoms with Crippen LogP contribution in [0.3, 0.4) is 0 Å². The zero-order valence-corrected chi connectivity index (χ0v) is 20.2. The molecule has 1 fully saturated rings. The van der Waals surface area contributed by atoms with E-state index in [1.165, 1.54) is 6.21 Å². The maximum atomic E-state index is 12.8. The molecule has 2 heterocycles. The summed E-state index contributed by atoms with van der Waals surface area (Å²) in [5.41, 5.74) is 9.69. The highest BCUT2D eigenvalue weighted by atomic mass is 16.2. The van der Waals surface area contributed by atoms with Gasteiger partial charge in [-0.3, -0.25) is 0 Å². The fourth-order valence-corrected chi connectivity index (χ4v) is 4.43. The highest BCUT2D eigenvalue weighted by Crippen LogP contribution is 2.29. The van der Waals surface area contributed by atoms with Gasteiger partial charge in [0.2, 0.25) is 0 Å². The maximum absolute atomic E-state index is 12.8. The van der Waals surface area contributed by atoms with E-state index in [-0.39, 0.29) is 12.1 Å². The Morgan fingerprint density at radius 2 is 1.94 bits per heavy atom. The minimum atomic E-state index is -0.129. The predicted molar refractivity (Wildman–Crippen MR) is 145 cm³/mol. The Kier molecular flexibility index (Phi) is 6.64. The Morgan fingerprint density at radius 3 is 2.75 bits per heavy atom. The number of likely N-dealkylation sites (N-methyl/N-ethyl adjacent to an activating group) is 1. The SMILES string of the molecule is CN1CCN(C(=O)NC2C=CC=C(c3nc(Nc4ccc(N)c(C=N)c4)c4ccccc4n3)C2)CC1. The number of carbonyl (C=O) groups is 1. The van der Waals surface area contributed by atoms with Crippen LogP contribution in [0.2, 0.25) is 0 Å². The molecule has 2 aromatic carbocycles. The van der Waals surface area contributed by atoms with E-state index >= 15 is 0 Å². The summed E-state index contributed by atoms with van der Waals surface area (Å²) in [6.45, 7) is 3.23. The Bertz CT molecular complexity index is 1360. The largest absolute Gasteiger partial charge is 0.398 e. The van der Waals surface area contributed by atoms with Crippen molar-refractivity contribution in [2.24, 2.45) is 0 Å². The van der Waals surface area contributed by atoms with Crippen molar-refractivity contribution in [3.05, 3.63) is 72.1 Å². The second-order valence-electron chi connectivity index (χ2n) is 9.15. The van der Waals surface area contributed by atoms with E-state index in [0.29, 0.717) is 29.3 Å². The number of nitrogens with one attached hydrogen (secondary N) is 3. The first kappa shape index (κ1) is 23.5. The number of hydrogen-bond donors (Lipinski definition) is 4. The summed E-state index contributed by atoms with van der Waals surface area (Å²) < 4.78 is 0. The van der Waals surface area contributed by atoms with Crippen molar-refractivity contribution < 1.29 is 4.79 Å². The number of para-hydroxylation sites is 1. The molecule has 0 spiro atoms. The molecule has 2 aliphatic rings. The summed E-state index contributed by atoms with van der Waals surface area (Å²) in [5.74, 6) is 1.28. The Hall–Kier alpha value is -4.24. The first-order chi connectivity index (χ1) is 17.5. The lowest BCUT2D eigenvalue weighted by atomic mass is 9.99. The van der Waals surface area contributed by atoms with Gasteiger partial charge < -0.3 is 31.6 Å². The van der Waals surface area contributed by atoms with Crippen LogP contribution in [-0.2, 0) is 0 Å². The zero-order chi connectivity index (χ0) is 25.1. The van der Waals surface area contributed by atoms with Crippen LogP contribution < -0.4 is 16.4 Å². The monoisotopic (exact) mass is 482 g/mol. The normalized spacial score (nSPS) is 18.1. The Balaban J connectivity index is 1.38. The molecule has 1 aromatic heterocycles. The van der Waals surface area contributed by atoms with Crippen molar-refractivity contribution in [3.8, 4) is 0 Å². The van der Waals surface area contributed by atoms with Gasteiger partial charge in [0.1, 0.15) is 5.82 Å². The molecular formula is C27H30N8O. The van der Waals surface area contributed by atoms with Crippen molar-refractivity contribution >= 4 is 45.9 Å². The van der Waals surface area contributed by atoms with E-state index in [1.807, 2.05) is 59.5 Å². The van der Waals surface area contributed by atoms with Crippen molar-refractivity contribution in [1.29, 1.82) is 5.41 Å². The van der Waals surface area contributed by atoms with E-state index in [1.54, 1.807) is 6.07 Å². The molecule has 9 heteroatoms. The number of nitrogens with two attached hydrogens (primary N) is 1. The van der Waals surface area contributed by atoms with Crippen LogP contribution in [0, 0.1) is 5.41 Å². The molecule has 36 heavy (non-hydrogen) atoms. The molecule has 1 unspecified atom stereocenters. The summed E-state index contributed by atoms with van der Waals surface area (Å²) in [7, 11) is 2.07. The predicted octanol–water partition coefficient (Wildman–Crippen LogP) is 3.62. The molecule has 1 aliphatic carbocycles. The van der Waals surface area contributed by atoms with Crippen LogP contribution in [-0.4, -0.2) is 71.3 Å². The number of rotatable bonds is 5. The van der Waals surface area contributed by atoms with Crippen LogP contribution >= 0.6 is 0 Å². The van der Waals surface area contributed by atoms with Crippen molar-refractivity contribution in [3.63, 3.8) is 0 Å². The summed E-state index contributed by atoms with van der Waals surface area (Å²) in [4.78, 5) is 26.6. The van der Waals surface area contributed by atoms with Crippen LogP contribution in [0.15, 0.2) is 60.7 Å². The average molecular weight is 483 g/mol. The number of hydrogen-bond acceptors (Lipinski definition) is 7. The summed E-state index contributed by atoms with van der Waals surface area (Å²) in [6, 6.07) is 13.1. The number of nitrogen functional groups attached to an aromatic ring is 1. The zero-order valence-electron chi connectivity index (χ0n) is 20.2. The van der Waals surface area contributed by atoms with E-state index in [0.717, 1.165) is 48.3 Å². The number of urea groups is 1. The highest BCUT2D eigenvalue weighted by Gasteiger charge is 2.23. The molecule has 1 saturated heterocycles. The second kappa shape index (κ2) is 10.2. The van der Waals surface area contributed by atoms with Gasteiger partial charge in [-0.15, -0.1) is 0 Å². The molecular weight excluding hydrogens is 452 g/mol. The third-order valence-corrected chi connectivity index (χ3v) is 6.58. The summed E-state index contributed by atoms with van der Waals surface area (Å²) >= 11 is 0. The van der Waals surface area contributed by atoms with E-state index in [2.05, 4.69) is 22.6 Å². The third kappa shape index (κ3) is 5.06. The van der Waals surface area contributed by atoms with Crippen LogP contribution in [0.25, 0.3) is 16.5 Å². The van der Waals surface area contributed by atoms with Crippen molar-refractivity contribution in [2.75, 3.05) is 44.3 Å². The molecule has 5 N–H and O–H groups in total. The number of anilines is 3. The third-order valence-electron chi connectivity index (χ3n) is 6.58. The van der Waals surface area contributed by atoms with Gasteiger partial charge in [0, 0.05) is 61.1 Å². The fraction of sp³-hybridized carbons (Fsp3) is 0.259. The van der Waals surface area contributed by atoms with Gasteiger partial charge in [-0.1, -0.05) is 30.4 Å². The van der Waals surface area contributed by atoms with Gasteiger partial charge in [-0.25, -0.2) is 14.8 Å². The van der Waals surface area contributed by atoms with Gasteiger partial charge >= 0.3 is 6.03 Å². The average Bonchev–Trinajstić information content (AvgIpc) is 2.90. The van der Waals surface area contributed by atoms with E-state index < -0.39 is 0 Å². The van der Waals surface area contributed by atoms with E-state index in [4.69, 9.17) is 21.1 Å².